The van der Waals surface area contributed by atoms with Gasteiger partial charge in [-0.2, -0.15) is 11.8 Å². The molecule has 0 aliphatic carbocycles. The van der Waals surface area contributed by atoms with Crippen LogP contribution < -0.4 is 5.73 Å². The Hall–Kier alpha value is -0.750. The van der Waals surface area contributed by atoms with Crippen molar-refractivity contribution in [3.8, 4) is 0 Å². The molecular formula is C19H32ClN3OS. The van der Waals surface area contributed by atoms with E-state index >= 15 is 0 Å². The van der Waals surface area contributed by atoms with Crippen LogP contribution in [0.1, 0.15) is 31.7 Å². The number of carbonyl (C=O) groups excluding carboxylic acids is 1. The third-order valence-corrected chi connectivity index (χ3v) is 5.36. The zero-order chi connectivity index (χ0) is 17.4. The van der Waals surface area contributed by atoms with Crippen molar-refractivity contribution in [2.75, 3.05) is 31.6 Å². The number of piperazine rings is 1. The first-order chi connectivity index (χ1) is 11.7. The van der Waals surface area contributed by atoms with E-state index in [0.717, 1.165) is 51.2 Å². The molecule has 0 bridgehead atoms. The zero-order valence-electron chi connectivity index (χ0n) is 15.4. The second-order valence-corrected chi connectivity index (χ2v) is 7.56. The van der Waals surface area contributed by atoms with Crippen LogP contribution in [-0.2, 0) is 11.3 Å². The quantitative estimate of drug-likeness (QED) is 0.747. The second-order valence-electron chi connectivity index (χ2n) is 6.57. The van der Waals surface area contributed by atoms with Gasteiger partial charge in [0.05, 0.1) is 6.04 Å². The van der Waals surface area contributed by atoms with Gasteiger partial charge in [-0.25, -0.2) is 0 Å². The zero-order valence-corrected chi connectivity index (χ0v) is 17.0. The van der Waals surface area contributed by atoms with Crippen molar-refractivity contribution in [3.63, 3.8) is 0 Å². The van der Waals surface area contributed by atoms with Crippen LogP contribution in [0.3, 0.4) is 0 Å². The van der Waals surface area contributed by atoms with Crippen molar-refractivity contribution in [1.82, 2.24) is 9.80 Å². The number of carbonyl (C=O) groups is 1. The summed E-state index contributed by atoms with van der Waals surface area (Å²) in [7, 11) is 0. The van der Waals surface area contributed by atoms with Gasteiger partial charge in [0.15, 0.2) is 0 Å². The number of halogens is 1. The lowest BCUT2D eigenvalue weighted by molar-refractivity contribution is -0.135. The van der Waals surface area contributed by atoms with Crippen LogP contribution >= 0.6 is 24.2 Å². The van der Waals surface area contributed by atoms with Crippen LogP contribution in [0, 0.1) is 0 Å². The lowest BCUT2D eigenvalue weighted by Crippen LogP contribution is -2.57. The minimum absolute atomic E-state index is 0. The minimum Gasteiger partial charge on any atom is -0.338 e. The number of nitrogens with zero attached hydrogens (tertiary/aromatic N) is 2. The number of hydrogen-bond acceptors (Lipinski definition) is 4. The minimum atomic E-state index is -0.347. The average molecular weight is 386 g/mol. The molecule has 4 nitrogen and oxygen atoms in total. The van der Waals surface area contributed by atoms with E-state index in [1.165, 1.54) is 5.56 Å². The highest BCUT2D eigenvalue weighted by atomic mass is 35.5. The Morgan fingerprint density at radius 1 is 1.32 bits per heavy atom. The summed E-state index contributed by atoms with van der Waals surface area (Å²) in [5, 5.41) is 0. The molecule has 0 aromatic heterocycles. The first kappa shape index (κ1) is 22.3. The van der Waals surface area contributed by atoms with E-state index in [4.69, 9.17) is 5.73 Å². The largest absolute Gasteiger partial charge is 0.338 e. The number of amides is 1. The van der Waals surface area contributed by atoms with E-state index in [0.29, 0.717) is 6.04 Å². The van der Waals surface area contributed by atoms with E-state index < -0.39 is 0 Å². The van der Waals surface area contributed by atoms with Gasteiger partial charge in [0.25, 0.3) is 0 Å². The Bertz CT molecular complexity index is 503. The monoisotopic (exact) mass is 385 g/mol. The smallest absolute Gasteiger partial charge is 0.239 e. The highest BCUT2D eigenvalue weighted by molar-refractivity contribution is 7.98. The number of rotatable bonds is 8. The highest BCUT2D eigenvalue weighted by Gasteiger charge is 2.30. The van der Waals surface area contributed by atoms with Crippen molar-refractivity contribution in [1.29, 1.82) is 0 Å². The van der Waals surface area contributed by atoms with E-state index in [-0.39, 0.29) is 24.4 Å². The van der Waals surface area contributed by atoms with Gasteiger partial charge in [0.2, 0.25) is 5.91 Å². The summed E-state index contributed by atoms with van der Waals surface area (Å²) in [6.07, 6.45) is 5.08. The van der Waals surface area contributed by atoms with Gasteiger partial charge in [0, 0.05) is 32.2 Å². The van der Waals surface area contributed by atoms with Gasteiger partial charge in [-0.3, -0.25) is 9.69 Å². The first-order valence-electron chi connectivity index (χ1n) is 8.97. The Morgan fingerprint density at radius 3 is 2.68 bits per heavy atom. The molecule has 0 saturated carbocycles. The van der Waals surface area contributed by atoms with Crippen LogP contribution in [0.4, 0.5) is 0 Å². The Balaban J connectivity index is 0.00000312. The van der Waals surface area contributed by atoms with Crippen LogP contribution in [0.5, 0.6) is 0 Å². The van der Waals surface area contributed by atoms with Crippen molar-refractivity contribution < 1.29 is 4.79 Å². The summed E-state index contributed by atoms with van der Waals surface area (Å²) in [4.78, 5) is 17.1. The van der Waals surface area contributed by atoms with E-state index in [2.05, 4.69) is 48.4 Å². The number of benzene rings is 1. The third kappa shape index (κ3) is 6.81. The summed E-state index contributed by atoms with van der Waals surface area (Å²) < 4.78 is 0. The van der Waals surface area contributed by atoms with Gasteiger partial charge in [-0.05, 0) is 30.4 Å². The van der Waals surface area contributed by atoms with Gasteiger partial charge in [0.1, 0.15) is 0 Å². The fraction of sp³-hybridized carbons (Fsp3) is 0.632. The van der Waals surface area contributed by atoms with E-state index in [1.807, 2.05) is 4.90 Å². The Kier molecular flexibility index (Phi) is 10.5. The number of hydrogen-bond donors (Lipinski definition) is 1. The third-order valence-electron chi connectivity index (χ3n) is 4.72. The molecule has 0 spiro atoms. The summed E-state index contributed by atoms with van der Waals surface area (Å²) in [6.45, 7) is 5.71. The lowest BCUT2D eigenvalue weighted by atomic mass is 10.0. The molecule has 1 aromatic carbocycles. The molecule has 2 N–H and O–H groups in total. The summed E-state index contributed by atoms with van der Waals surface area (Å²) in [5.74, 6) is 1.07. The van der Waals surface area contributed by atoms with Gasteiger partial charge in [-0.1, -0.05) is 43.7 Å². The molecule has 1 amide bonds. The normalized spacial score (nSPS) is 19.3. The van der Waals surface area contributed by atoms with Crippen LogP contribution in [-0.4, -0.2) is 59.4 Å². The van der Waals surface area contributed by atoms with Crippen LogP contribution in [0.15, 0.2) is 30.3 Å². The van der Waals surface area contributed by atoms with Gasteiger partial charge in [-0.15, -0.1) is 12.4 Å². The van der Waals surface area contributed by atoms with Crippen molar-refractivity contribution in [3.05, 3.63) is 35.9 Å². The lowest BCUT2D eigenvalue weighted by Gasteiger charge is -2.42. The Morgan fingerprint density at radius 2 is 2.04 bits per heavy atom. The average Bonchev–Trinajstić information content (AvgIpc) is 2.61. The van der Waals surface area contributed by atoms with Crippen LogP contribution in [0.25, 0.3) is 0 Å². The van der Waals surface area contributed by atoms with E-state index in [9.17, 15) is 4.79 Å². The molecule has 1 aliphatic rings. The molecule has 6 heteroatoms. The predicted molar refractivity (Wildman–Crippen MR) is 110 cm³/mol. The van der Waals surface area contributed by atoms with E-state index in [1.54, 1.807) is 11.8 Å². The molecule has 1 aliphatic heterocycles. The molecule has 1 saturated heterocycles. The molecule has 1 heterocycles. The topological polar surface area (TPSA) is 49.6 Å². The molecule has 1 aromatic rings. The maximum Gasteiger partial charge on any atom is 0.239 e. The van der Waals surface area contributed by atoms with Crippen molar-refractivity contribution in [2.24, 2.45) is 5.73 Å². The van der Waals surface area contributed by atoms with Crippen molar-refractivity contribution in [2.45, 2.75) is 44.8 Å². The fourth-order valence-electron chi connectivity index (χ4n) is 3.33. The van der Waals surface area contributed by atoms with Crippen molar-refractivity contribution >= 4 is 30.1 Å². The molecule has 2 rings (SSSR count). The SMILES string of the molecule is CCCC1CN(C(=O)C(N)CCSC)CCN1Cc1ccccc1.Cl. The molecule has 2 unspecified atom stereocenters. The van der Waals surface area contributed by atoms with Gasteiger partial charge < -0.3 is 10.6 Å². The van der Waals surface area contributed by atoms with Crippen LogP contribution in [0.2, 0.25) is 0 Å². The Labute approximate surface area is 162 Å². The molecule has 0 radical (unpaired) electrons. The predicted octanol–water partition coefficient (Wildman–Crippen LogP) is 3.00. The molecule has 142 valence electrons. The second kappa shape index (κ2) is 11.8. The number of nitrogens with two attached hydrogens (primary N) is 1. The standard InChI is InChI=1S/C19H31N3OS.ClH/c1-3-7-17-15-22(19(23)18(20)10-13-24-2)12-11-21(17)14-16-8-5-4-6-9-16;/h4-6,8-9,17-18H,3,7,10-15,20H2,1-2H3;1H. The highest BCUT2D eigenvalue weighted by Crippen LogP contribution is 2.18. The maximum absolute atomic E-state index is 12.6. The molecular weight excluding hydrogens is 354 g/mol. The molecule has 25 heavy (non-hydrogen) atoms. The summed E-state index contributed by atoms with van der Waals surface area (Å²) in [6, 6.07) is 10.7. The molecule has 1 fully saturated rings. The summed E-state index contributed by atoms with van der Waals surface area (Å²) >= 11 is 1.75. The summed E-state index contributed by atoms with van der Waals surface area (Å²) in [5.41, 5.74) is 7.44. The van der Waals surface area contributed by atoms with Gasteiger partial charge >= 0.3 is 0 Å². The maximum atomic E-state index is 12.6. The number of thioether (sulfide) groups is 1. The fourth-order valence-corrected chi connectivity index (χ4v) is 3.82. The first-order valence-corrected chi connectivity index (χ1v) is 10.4. The molecule has 2 atom stereocenters.